The fourth-order valence-electron chi connectivity index (χ4n) is 3.25. The summed E-state index contributed by atoms with van der Waals surface area (Å²) in [5, 5.41) is 15.0. The van der Waals surface area contributed by atoms with Gasteiger partial charge in [0.25, 0.3) is 5.91 Å². The van der Waals surface area contributed by atoms with Crippen molar-refractivity contribution in [3.05, 3.63) is 59.7 Å². The number of hydrogen-bond donors (Lipinski definition) is 1. The van der Waals surface area contributed by atoms with E-state index in [1.807, 2.05) is 30.3 Å². The van der Waals surface area contributed by atoms with Crippen LogP contribution in [0, 0.1) is 5.92 Å². The summed E-state index contributed by atoms with van der Waals surface area (Å²) in [5.41, 5.74) is 2.65. The molecule has 0 radical (unpaired) electrons. The molecule has 1 aromatic heterocycles. The van der Waals surface area contributed by atoms with Crippen LogP contribution in [0.2, 0.25) is 0 Å². The first-order valence-electron chi connectivity index (χ1n) is 9.02. The van der Waals surface area contributed by atoms with Crippen molar-refractivity contribution in [2.75, 3.05) is 13.2 Å². The van der Waals surface area contributed by atoms with Gasteiger partial charge in [0.1, 0.15) is 5.75 Å². The zero-order chi connectivity index (χ0) is 18.6. The van der Waals surface area contributed by atoms with E-state index < -0.39 is 0 Å². The van der Waals surface area contributed by atoms with Crippen molar-refractivity contribution in [3.63, 3.8) is 0 Å². The molecule has 138 valence electrons. The summed E-state index contributed by atoms with van der Waals surface area (Å²) in [6.07, 6.45) is 1.83. The fourth-order valence-corrected chi connectivity index (χ4v) is 3.25. The Hall–Kier alpha value is -3.22. The van der Waals surface area contributed by atoms with Crippen molar-refractivity contribution in [2.45, 2.75) is 12.8 Å². The van der Waals surface area contributed by atoms with Gasteiger partial charge in [-0.2, -0.15) is 4.80 Å². The number of ether oxygens (including phenoxy) is 1. The Kier molecular flexibility index (Phi) is 4.82. The zero-order valence-electron chi connectivity index (χ0n) is 15.1. The molecule has 1 aliphatic rings. The van der Waals surface area contributed by atoms with E-state index in [1.165, 1.54) is 10.4 Å². The molecule has 0 aliphatic carbocycles. The molecule has 1 aliphatic heterocycles. The van der Waals surface area contributed by atoms with Crippen molar-refractivity contribution < 1.29 is 9.53 Å². The number of nitrogens with one attached hydrogen (secondary N) is 1. The molecule has 0 saturated carbocycles. The Morgan fingerprint density at radius 1 is 1.22 bits per heavy atom. The van der Waals surface area contributed by atoms with Crippen LogP contribution in [0.4, 0.5) is 0 Å². The minimum absolute atomic E-state index is 0.0768. The van der Waals surface area contributed by atoms with Crippen LogP contribution >= 0.6 is 0 Å². The number of para-hydroxylation sites is 1. The number of nitrogens with zero attached hydrogens (tertiary/aromatic N) is 4. The summed E-state index contributed by atoms with van der Waals surface area (Å²) in [6, 6.07) is 15.3. The molecule has 7 nitrogen and oxygen atoms in total. The maximum Gasteiger partial charge on any atom is 0.251 e. The van der Waals surface area contributed by atoms with Gasteiger partial charge in [-0.25, -0.2) is 0 Å². The molecule has 0 bridgehead atoms. The summed E-state index contributed by atoms with van der Waals surface area (Å²) >= 11 is 0. The average molecular weight is 363 g/mol. The van der Waals surface area contributed by atoms with Gasteiger partial charge in [-0.3, -0.25) is 4.79 Å². The number of benzene rings is 2. The van der Waals surface area contributed by atoms with Crippen LogP contribution < -0.4 is 10.1 Å². The van der Waals surface area contributed by atoms with Crippen LogP contribution in [-0.2, 0) is 13.5 Å². The molecular weight excluding hydrogens is 342 g/mol. The summed E-state index contributed by atoms with van der Waals surface area (Å²) in [6.45, 7) is 1.31. The van der Waals surface area contributed by atoms with Crippen molar-refractivity contribution >= 4 is 5.91 Å². The summed E-state index contributed by atoms with van der Waals surface area (Å²) in [4.78, 5) is 13.9. The molecule has 2 aromatic carbocycles. The van der Waals surface area contributed by atoms with Crippen molar-refractivity contribution in [2.24, 2.45) is 13.0 Å². The number of tetrazole rings is 1. The van der Waals surface area contributed by atoms with Gasteiger partial charge < -0.3 is 10.1 Å². The lowest BCUT2D eigenvalue weighted by atomic mass is 9.97. The van der Waals surface area contributed by atoms with Crippen LogP contribution in [0.25, 0.3) is 11.4 Å². The highest BCUT2D eigenvalue weighted by Crippen LogP contribution is 2.26. The van der Waals surface area contributed by atoms with E-state index in [9.17, 15) is 4.79 Å². The third-order valence-corrected chi connectivity index (χ3v) is 4.73. The average Bonchev–Trinajstić information content (AvgIpc) is 3.02. The molecule has 1 amide bonds. The first-order chi connectivity index (χ1) is 13.2. The van der Waals surface area contributed by atoms with Gasteiger partial charge in [0.05, 0.1) is 13.7 Å². The molecule has 4 rings (SSSR count). The number of aryl methyl sites for hydroxylation is 1. The Morgan fingerprint density at radius 3 is 2.81 bits per heavy atom. The van der Waals surface area contributed by atoms with E-state index in [1.54, 1.807) is 19.2 Å². The largest absolute Gasteiger partial charge is 0.493 e. The van der Waals surface area contributed by atoms with Crippen LogP contribution in [0.3, 0.4) is 0 Å². The first-order valence-corrected chi connectivity index (χ1v) is 9.02. The lowest BCUT2D eigenvalue weighted by molar-refractivity contribution is 0.0945. The van der Waals surface area contributed by atoms with E-state index in [4.69, 9.17) is 4.74 Å². The quantitative estimate of drug-likeness (QED) is 0.769. The van der Waals surface area contributed by atoms with Gasteiger partial charge >= 0.3 is 0 Å². The molecule has 1 unspecified atom stereocenters. The third-order valence-electron chi connectivity index (χ3n) is 4.73. The van der Waals surface area contributed by atoms with E-state index in [0.717, 1.165) is 24.2 Å². The second-order valence-electron chi connectivity index (χ2n) is 6.70. The minimum Gasteiger partial charge on any atom is -0.493 e. The number of aromatic nitrogens is 4. The Bertz CT molecular complexity index is 936. The lowest BCUT2D eigenvalue weighted by Crippen LogP contribution is -2.30. The molecule has 0 saturated heterocycles. The number of carbonyl (C=O) groups is 1. The van der Waals surface area contributed by atoms with Crippen LogP contribution in [0.5, 0.6) is 5.75 Å². The Morgan fingerprint density at radius 2 is 2.04 bits per heavy atom. The van der Waals surface area contributed by atoms with Gasteiger partial charge in [0.2, 0.25) is 5.82 Å². The lowest BCUT2D eigenvalue weighted by Gasteiger charge is -2.14. The predicted octanol–water partition coefficient (Wildman–Crippen LogP) is 2.25. The normalized spacial score (nSPS) is 16.1. The predicted molar refractivity (Wildman–Crippen MR) is 100 cm³/mol. The van der Waals surface area contributed by atoms with Crippen LogP contribution in [0.15, 0.2) is 48.5 Å². The van der Waals surface area contributed by atoms with E-state index in [2.05, 4.69) is 26.8 Å². The number of fused-ring (bicyclic) bond motifs is 1. The second-order valence-corrected chi connectivity index (χ2v) is 6.70. The SMILES string of the molecule is Cn1nnc(-c2ccc(C(=O)NCC3CCOc4ccccc4C3)cc2)n1. The molecule has 7 heteroatoms. The topological polar surface area (TPSA) is 81.9 Å². The molecule has 27 heavy (non-hydrogen) atoms. The van der Waals surface area contributed by atoms with Gasteiger partial charge in [0, 0.05) is 17.7 Å². The maximum absolute atomic E-state index is 12.5. The molecule has 1 atom stereocenters. The summed E-state index contributed by atoms with van der Waals surface area (Å²) in [5.74, 6) is 1.79. The molecule has 2 heterocycles. The molecular formula is C20H21N5O2. The van der Waals surface area contributed by atoms with Crippen LogP contribution in [0.1, 0.15) is 22.3 Å². The van der Waals surface area contributed by atoms with Crippen molar-refractivity contribution in [1.82, 2.24) is 25.5 Å². The second kappa shape index (κ2) is 7.57. The summed E-state index contributed by atoms with van der Waals surface area (Å²) < 4.78 is 5.80. The van der Waals surface area contributed by atoms with Crippen molar-refractivity contribution in [3.8, 4) is 17.1 Å². The van der Waals surface area contributed by atoms with E-state index >= 15 is 0 Å². The molecule has 1 N–H and O–H groups in total. The fraction of sp³-hybridized carbons (Fsp3) is 0.300. The number of carbonyl (C=O) groups excluding carboxylic acids is 1. The highest BCUT2D eigenvalue weighted by Gasteiger charge is 2.18. The highest BCUT2D eigenvalue weighted by atomic mass is 16.5. The Balaban J connectivity index is 1.36. The van der Waals surface area contributed by atoms with Gasteiger partial charge in [-0.05, 0) is 47.7 Å². The van der Waals surface area contributed by atoms with Crippen molar-refractivity contribution in [1.29, 1.82) is 0 Å². The van der Waals surface area contributed by atoms with Gasteiger partial charge in [-0.15, -0.1) is 10.2 Å². The van der Waals surface area contributed by atoms with Gasteiger partial charge in [0.15, 0.2) is 0 Å². The molecule has 0 spiro atoms. The summed E-state index contributed by atoms with van der Waals surface area (Å²) in [7, 11) is 1.72. The zero-order valence-corrected chi connectivity index (χ0v) is 15.1. The number of amides is 1. The first kappa shape index (κ1) is 17.2. The number of rotatable bonds is 4. The highest BCUT2D eigenvalue weighted by molar-refractivity contribution is 5.94. The smallest absolute Gasteiger partial charge is 0.251 e. The monoisotopic (exact) mass is 363 g/mol. The van der Waals surface area contributed by atoms with E-state index in [0.29, 0.717) is 30.5 Å². The standard InChI is InChI=1S/C20H21N5O2/c1-25-23-19(22-24-25)15-6-8-16(9-7-15)20(26)21-13-14-10-11-27-18-5-3-2-4-17(18)12-14/h2-9,14H,10-13H2,1H3,(H,21,26). The van der Waals surface area contributed by atoms with E-state index in [-0.39, 0.29) is 5.91 Å². The molecule has 3 aromatic rings. The molecule has 0 fully saturated rings. The Labute approximate surface area is 157 Å². The maximum atomic E-state index is 12.5. The van der Waals surface area contributed by atoms with Crippen LogP contribution in [-0.4, -0.2) is 39.3 Å². The minimum atomic E-state index is -0.0768. The third kappa shape index (κ3) is 3.97. The number of hydrogen-bond acceptors (Lipinski definition) is 5. The van der Waals surface area contributed by atoms with Gasteiger partial charge in [-0.1, -0.05) is 30.3 Å².